The fourth-order valence-electron chi connectivity index (χ4n) is 2.49. The Bertz CT molecular complexity index is 157. The van der Waals surface area contributed by atoms with Crippen LogP contribution in [-0.2, 0) is 0 Å². The van der Waals surface area contributed by atoms with Gasteiger partial charge in [-0.1, -0.05) is 52.9 Å². The SMILES string of the molecule is CCCCCC(C)(C)CNC1CCCC1. The number of nitrogens with one attached hydrogen (secondary N) is 1. The summed E-state index contributed by atoms with van der Waals surface area (Å²) in [6.45, 7) is 8.31. The molecule has 1 fully saturated rings. The van der Waals surface area contributed by atoms with E-state index < -0.39 is 0 Å². The van der Waals surface area contributed by atoms with Gasteiger partial charge in [-0.05, 0) is 24.7 Å². The van der Waals surface area contributed by atoms with Gasteiger partial charge in [-0.2, -0.15) is 0 Å². The molecule has 15 heavy (non-hydrogen) atoms. The Morgan fingerprint density at radius 1 is 1.13 bits per heavy atom. The molecule has 0 radical (unpaired) electrons. The Morgan fingerprint density at radius 2 is 1.80 bits per heavy atom. The quantitative estimate of drug-likeness (QED) is 0.624. The maximum Gasteiger partial charge on any atom is 0.00672 e. The van der Waals surface area contributed by atoms with Gasteiger partial charge in [0.25, 0.3) is 0 Å². The minimum Gasteiger partial charge on any atom is -0.313 e. The standard InChI is InChI=1S/C14H29N/c1-4-5-8-11-14(2,3)12-15-13-9-6-7-10-13/h13,15H,4-12H2,1-3H3. The molecule has 1 saturated carbocycles. The molecule has 0 aromatic carbocycles. The summed E-state index contributed by atoms with van der Waals surface area (Å²) < 4.78 is 0. The van der Waals surface area contributed by atoms with E-state index in [1.54, 1.807) is 0 Å². The molecule has 0 amide bonds. The fraction of sp³-hybridized carbons (Fsp3) is 1.00. The van der Waals surface area contributed by atoms with Crippen LogP contribution in [0.1, 0.15) is 72.1 Å². The summed E-state index contributed by atoms with van der Waals surface area (Å²) in [5.41, 5.74) is 0.498. The number of hydrogen-bond donors (Lipinski definition) is 1. The lowest BCUT2D eigenvalue weighted by Gasteiger charge is -2.27. The van der Waals surface area contributed by atoms with E-state index in [-0.39, 0.29) is 0 Å². The number of unbranched alkanes of at least 4 members (excludes halogenated alkanes) is 2. The van der Waals surface area contributed by atoms with Crippen molar-refractivity contribution in [1.82, 2.24) is 5.32 Å². The zero-order valence-electron chi connectivity index (χ0n) is 10.9. The van der Waals surface area contributed by atoms with Crippen molar-refractivity contribution < 1.29 is 0 Å². The van der Waals surface area contributed by atoms with Crippen LogP contribution in [0.4, 0.5) is 0 Å². The van der Waals surface area contributed by atoms with Crippen molar-refractivity contribution in [1.29, 1.82) is 0 Å². The molecule has 0 saturated heterocycles. The monoisotopic (exact) mass is 211 g/mol. The van der Waals surface area contributed by atoms with Gasteiger partial charge in [0.15, 0.2) is 0 Å². The van der Waals surface area contributed by atoms with E-state index in [1.807, 2.05) is 0 Å². The highest BCUT2D eigenvalue weighted by Crippen LogP contribution is 2.24. The van der Waals surface area contributed by atoms with Gasteiger partial charge in [-0.15, -0.1) is 0 Å². The Morgan fingerprint density at radius 3 is 2.40 bits per heavy atom. The lowest BCUT2D eigenvalue weighted by atomic mass is 9.86. The van der Waals surface area contributed by atoms with Crippen molar-refractivity contribution in [3.05, 3.63) is 0 Å². The van der Waals surface area contributed by atoms with Gasteiger partial charge in [0.05, 0.1) is 0 Å². The van der Waals surface area contributed by atoms with Crippen molar-refractivity contribution in [2.45, 2.75) is 78.2 Å². The van der Waals surface area contributed by atoms with Gasteiger partial charge in [-0.3, -0.25) is 0 Å². The van der Waals surface area contributed by atoms with Crippen LogP contribution in [-0.4, -0.2) is 12.6 Å². The van der Waals surface area contributed by atoms with Gasteiger partial charge in [0.2, 0.25) is 0 Å². The second kappa shape index (κ2) is 6.52. The molecule has 1 aliphatic carbocycles. The molecule has 1 nitrogen and oxygen atoms in total. The van der Waals surface area contributed by atoms with Crippen LogP contribution in [0.2, 0.25) is 0 Å². The first-order valence-electron chi connectivity index (χ1n) is 6.87. The number of hydrogen-bond acceptors (Lipinski definition) is 1. The van der Waals surface area contributed by atoms with E-state index in [1.165, 1.54) is 57.9 Å². The first-order chi connectivity index (χ1) is 7.14. The van der Waals surface area contributed by atoms with Crippen molar-refractivity contribution in [2.75, 3.05) is 6.54 Å². The third kappa shape index (κ3) is 5.55. The van der Waals surface area contributed by atoms with Crippen LogP contribution in [0.15, 0.2) is 0 Å². The van der Waals surface area contributed by atoms with E-state index in [9.17, 15) is 0 Å². The molecule has 1 N–H and O–H groups in total. The third-order valence-corrected chi connectivity index (χ3v) is 3.68. The molecule has 0 heterocycles. The second-order valence-electron chi connectivity index (χ2n) is 5.98. The van der Waals surface area contributed by atoms with Crippen molar-refractivity contribution in [3.63, 3.8) is 0 Å². The first-order valence-corrected chi connectivity index (χ1v) is 6.87. The molecule has 0 aromatic heterocycles. The fourth-order valence-corrected chi connectivity index (χ4v) is 2.49. The molecule has 1 aliphatic rings. The number of rotatable bonds is 7. The molecular formula is C14H29N. The van der Waals surface area contributed by atoms with Crippen LogP contribution < -0.4 is 5.32 Å². The molecule has 0 bridgehead atoms. The molecule has 1 heteroatoms. The van der Waals surface area contributed by atoms with Gasteiger partial charge in [0, 0.05) is 12.6 Å². The van der Waals surface area contributed by atoms with Crippen LogP contribution in [0.3, 0.4) is 0 Å². The summed E-state index contributed by atoms with van der Waals surface area (Å²) in [7, 11) is 0. The zero-order valence-corrected chi connectivity index (χ0v) is 10.9. The predicted molar refractivity (Wildman–Crippen MR) is 68.2 cm³/mol. The molecule has 90 valence electrons. The van der Waals surface area contributed by atoms with Gasteiger partial charge >= 0.3 is 0 Å². The first kappa shape index (κ1) is 13.0. The molecule has 1 rings (SSSR count). The maximum absolute atomic E-state index is 3.75. The highest BCUT2D eigenvalue weighted by molar-refractivity contribution is 4.78. The van der Waals surface area contributed by atoms with Gasteiger partial charge in [0.1, 0.15) is 0 Å². The van der Waals surface area contributed by atoms with Crippen LogP contribution in [0.25, 0.3) is 0 Å². The summed E-state index contributed by atoms with van der Waals surface area (Å²) >= 11 is 0. The van der Waals surface area contributed by atoms with E-state index in [4.69, 9.17) is 0 Å². The summed E-state index contributed by atoms with van der Waals surface area (Å²) in [5.74, 6) is 0. The minimum absolute atomic E-state index is 0.498. The Balaban J connectivity index is 2.10. The van der Waals surface area contributed by atoms with E-state index in [0.29, 0.717) is 5.41 Å². The molecule has 0 aromatic rings. The van der Waals surface area contributed by atoms with E-state index >= 15 is 0 Å². The molecule has 0 aliphatic heterocycles. The average molecular weight is 211 g/mol. The summed E-state index contributed by atoms with van der Waals surface area (Å²) in [6, 6.07) is 0.829. The van der Waals surface area contributed by atoms with E-state index in [2.05, 4.69) is 26.1 Å². The van der Waals surface area contributed by atoms with E-state index in [0.717, 1.165) is 6.04 Å². The molecule has 0 atom stereocenters. The van der Waals surface area contributed by atoms with Crippen molar-refractivity contribution in [2.24, 2.45) is 5.41 Å². The van der Waals surface area contributed by atoms with Gasteiger partial charge in [-0.25, -0.2) is 0 Å². The van der Waals surface area contributed by atoms with Gasteiger partial charge < -0.3 is 5.32 Å². The van der Waals surface area contributed by atoms with Crippen LogP contribution >= 0.6 is 0 Å². The highest BCUT2D eigenvalue weighted by Gasteiger charge is 2.20. The predicted octanol–water partition coefficient (Wildman–Crippen LogP) is 4.13. The smallest absolute Gasteiger partial charge is 0.00672 e. The average Bonchev–Trinajstić information content (AvgIpc) is 2.68. The van der Waals surface area contributed by atoms with Crippen molar-refractivity contribution in [3.8, 4) is 0 Å². The lowest BCUT2D eigenvalue weighted by molar-refractivity contribution is 0.287. The summed E-state index contributed by atoms with van der Waals surface area (Å²) in [6.07, 6.45) is 11.2. The highest BCUT2D eigenvalue weighted by atomic mass is 14.9. The Hall–Kier alpha value is -0.0400. The zero-order chi connectivity index (χ0) is 11.1. The third-order valence-electron chi connectivity index (χ3n) is 3.68. The minimum atomic E-state index is 0.498. The van der Waals surface area contributed by atoms with Crippen molar-refractivity contribution >= 4 is 0 Å². The van der Waals surface area contributed by atoms with Crippen LogP contribution in [0.5, 0.6) is 0 Å². The summed E-state index contributed by atoms with van der Waals surface area (Å²) in [4.78, 5) is 0. The largest absolute Gasteiger partial charge is 0.313 e. The van der Waals surface area contributed by atoms with Crippen LogP contribution in [0, 0.1) is 5.41 Å². The maximum atomic E-state index is 3.75. The summed E-state index contributed by atoms with van der Waals surface area (Å²) in [5, 5.41) is 3.75. The Kier molecular flexibility index (Phi) is 5.66. The normalized spacial score (nSPS) is 18.6. The topological polar surface area (TPSA) is 12.0 Å². The molecule has 0 spiro atoms. The second-order valence-corrected chi connectivity index (χ2v) is 5.98. The molecule has 0 unspecified atom stereocenters. The Labute approximate surface area is 96.0 Å². The molecular weight excluding hydrogens is 182 g/mol. The lowest BCUT2D eigenvalue weighted by Crippen LogP contribution is -2.35.